The molecule has 0 aromatic heterocycles. The first kappa shape index (κ1) is 20.4. The van der Waals surface area contributed by atoms with E-state index < -0.39 is 0 Å². The molecule has 0 bridgehead atoms. The molecule has 2 nitrogen and oxygen atoms in total. The molecule has 0 amide bonds. The zero-order valence-corrected chi connectivity index (χ0v) is 16.4. The van der Waals surface area contributed by atoms with Crippen molar-refractivity contribution in [1.29, 1.82) is 0 Å². The van der Waals surface area contributed by atoms with Gasteiger partial charge in [0.05, 0.1) is 5.54 Å². The molecule has 2 aromatic rings. The van der Waals surface area contributed by atoms with Gasteiger partial charge in [0.1, 0.15) is 6.10 Å². The van der Waals surface area contributed by atoms with Crippen LogP contribution >= 0.6 is 0 Å². The molecule has 0 aliphatic heterocycles. The lowest BCUT2D eigenvalue weighted by Gasteiger charge is -2.30. The van der Waals surface area contributed by atoms with Crippen LogP contribution in [-0.2, 0) is 4.84 Å². The van der Waals surface area contributed by atoms with E-state index in [1.165, 1.54) is 17.5 Å². The Kier molecular flexibility index (Phi) is 8.60. The van der Waals surface area contributed by atoms with E-state index >= 15 is 0 Å². The van der Waals surface area contributed by atoms with Gasteiger partial charge in [0.2, 0.25) is 0 Å². The van der Waals surface area contributed by atoms with E-state index in [4.69, 9.17) is 4.84 Å². The summed E-state index contributed by atoms with van der Waals surface area (Å²) in [6.07, 6.45) is 9.97. The summed E-state index contributed by atoms with van der Waals surface area (Å²) in [4.78, 5) is 6.22. The van der Waals surface area contributed by atoms with Crippen LogP contribution in [0.25, 0.3) is 6.08 Å². The van der Waals surface area contributed by atoms with Crippen LogP contribution in [0.4, 0.5) is 0 Å². The second-order valence-corrected chi connectivity index (χ2v) is 7.17. The minimum Gasteiger partial charge on any atom is -0.293 e. The molecule has 2 rings (SSSR count). The Labute approximate surface area is 159 Å². The van der Waals surface area contributed by atoms with Crippen LogP contribution in [-0.4, -0.2) is 5.54 Å². The van der Waals surface area contributed by atoms with Crippen molar-refractivity contribution in [3.8, 4) is 0 Å². The van der Waals surface area contributed by atoms with Crippen molar-refractivity contribution in [3.05, 3.63) is 77.9 Å². The lowest BCUT2D eigenvalue weighted by atomic mass is 9.94. The van der Waals surface area contributed by atoms with Crippen molar-refractivity contribution in [2.75, 3.05) is 0 Å². The molecule has 0 saturated heterocycles. The van der Waals surface area contributed by atoms with Crippen LogP contribution in [0.5, 0.6) is 0 Å². The van der Waals surface area contributed by atoms with Gasteiger partial charge in [-0.3, -0.25) is 4.84 Å². The first-order valence-corrected chi connectivity index (χ1v) is 9.89. The fraction of sp³-hybridized carbons (Fsp3) is 0.417. The molecule has 2 aromatic carbocycles. The molecule has 0 saturated carbocycles. The van der Waals surface area contributed by atoms with Crippen LogP contribution < -0.4 is 5.48 Å². The highest BCUT2D eigenvalue weighted by atomic mass is 16.7. The Bertz CT molecular complexity index is 638. The Morgan fingerprint density at radius 2 is 1.62 bits per heavy atom. The topological polar surface area (TPSA) is 21.3 Å². The highest BCUT2D eigenvalue weighted by Crippen LogP contribution is 2.25. The van der Waals surface area contributed by atoms with E-state index in [-0.39, 0.29) is 11.6 Å². The van der Waals surface area contributed by atoms with Crippen molar-refractivity contribution in [1.82, 2.24) is 5.48 Å². The fourth-order valence-electron chi connectivity index (χ4n) is 2.99. The van der Waals surface area contributed by atoms with Gasteiger partial charge in [0.25, 0.3) is 0 Å². The van der Waals surface area contributed by atoms with Gasteiger partial charge in [-0.1, -0.05) is 106 Å². The van der Waals surface area contributed by atoms with Crippen molar-refractivity contribution < 1.29 is 4.84 Å². The fourth-order valence-corrected chi connectivity index (χ4v) is 2.99. The molecule has 2 heteroatoms. The molecule has 1 N–H and O–H groups in total. The highest BCUT2D eigenvalue weighted by molar-refractivity contribution is 5.50. The van der Waals surface area contributed by atoms with Crippen LogP contribution in [0.2, 0.25) is 0 Å². The molecule has 140 valence electrons. The SMILES string of the molecule is CCCC[C@@](C)(/C=C/c1ccccc1)NO[C@H](CCC)c1ccccc1. The van der Waals surface area contributed by atoms with E-state index in [1.54, 1.807) is 0 Å². The number of nitrogens with one attached hydrogen (secondary N) is 1. The molecule has 0 heterocycles. The molecule has 0 spiro atoms. The largest absolute Gasteiger partial charge is 0.293 e. The molecule has 2 atom stereocenters. The first-order chi connectivity index (χ1) is 12.7. The average molecular weight is 352 g/mol. The van der Waals surface area contributed by atoms with E-state index in [0.717, 1.165) is 25.7 Å². The van der Waals surface area contributed by atoms with Crippen molar-refractivity contribution in [3.63, 3.8) is 0 Å². The number of hydrogen-bond acceptors (Lipinski definition) is 2. The van der Waals surface area contributed by atoms with Crippen LogP contribution in [0.15, 0.2) is 66.7 Å². The maximum Gasteiger partial charge on any atom is 0.104 e. The predicted octanol–water partition coefficient (Wildman–Crippen LogP) is 6.71. The second kappa shape index (κ2) is 10.9. The molecule has 0 radical (unpaired) electrons. The lowest BCUT2D eigenvalue weighted by Crippen LogP contribution is -2.41. The maximum absolute atomic E-state index is 6.22. The van der Waals surface area contributed by atoms with E-state index in [9.17, 15) is 0 Å². The van der Waals surface area contributed by atoms with Gasteiger partial charge in [0.15, 0.2) is 0 Å². The molecular formula is C24H33NO. The van der Waals surface area contributed by atoms with Crippen molar-refractivity contribution >= 4 is 6.08 Å². The van der Waals surface area contributed by atoms with E-state index in [0.29, 0.717) is 0 Å². The molecule has 0 aliphatic rings. The third kappa shape index (κ3) is 6.78. The third-order valence-electron chi connectivity index (χ3n) is 4.65. The molecule has 0 aliphatic carbocycles. The minimum absolute atomic E-state index is 0.0762. The van der Waals surface area contributed by atoms with Gasteiger partial charge in [-0.25, -0.2) is 0 Å². The van der Waals surface area contributed by atoms with E-state index in [2.05, 4.69) is 86.9 Å². The van der Waals surface area contributed by atoms with Gasteiger partial charge in [-0.15, -0.1) is 0 Å². The second-order valence-electron chi connectivity index (χ2n) is 7.17. The molecule has 0 fully saturated rings. The third-order valence-corrected chi connectivity index (χ3v) is 4.65. The molecule has 26 heavy (non-hydrogen) atoms. The lowest BCUT2D eigenvalue weighted by molar-refractivity contribution is -0.0656. The summed E-state index contributed by atoms with van der Waals surface area (Å²) in [5, 5.41) is 0. The number of hydrogen-bond donors (Lipinski definition) is 1. The summed E-state index contributed by atoms with van der Waals surface area (Å²) in [6, 6.07) is 20.9. The van der Waals surface area contributed by atoms with Gasteiger partial charge in [-0.05, 0) is 30.9 Å². The normalized spacial score (nSPS) is 15.0. The zero-order valence-electron chi connectivity index (χ0n) is 16.4. The summed E-state index contributed by atoms with van der Waals surface area (Å²) in [5.41, 5.74) is 5.65. The number of unbranched alkanes of at least 4 members (excludes halogenated alkanes) is 1. The van der Waals surface area contributed by atoms with Gasteiger partial charge in [-0.2, -0.15) is 5.48 Å². The Morgan fingerprint density at radius 3 is 2.23 bits per heavy atom. The number of benzene rings is 2. The monoisotopic (exact) mass is 351 g/mol. The van der Waals surface area contributed by atoms with E-state index in [1.807, 2.05) is 12.1 Å². The van der Waals surface area contributed by atoms with Gasteiger partial charge in [0, 0.05) is 0 Å². The quantitative estimate of drug-likeness (QED) is 0.454. The van der Waals surface area contributed by atoms with Gasteiger partial charge >= 0.3 is 0 Å². The molecule has 0 unspecified atom stereocenters. The Hall–Kier alpha value is -1.90. The van der Waals surface area contributed by atoms with Crippen molar-refractivity contribution in [2.24, 2.45) is 0 Å². The summed E-state index contributed by atoms with van der Waals surface area (Å²) >= 11 is 0. The maximum atomic E-state index is 6.22. The smallest absolute Gasteiger partial charge is 0.104 e. The number of hydroxylamine groups is 1. The average Bonchev–Trinajstić information content (AvgIpc) is 2.70. The first-order valence-electron chi connectivity index (χ1n) is 9.89. The van der Waals surface area contributed by atoms with Gasteiger partial charge < -0.3 is 0 Å². The summed E-state index contributed by atoms with van der Waals surface area (Å²) in [6.45, 7) is 6.65. The van der Waals surface area contributed by atoms with Crippen LogP contribution in [0.3, 0.4) is 0 Å². The summed E-state index contributed by atoms with van der Waals surface area (Å²) < 4.78 is 0. The Morgan fingerprint density at radius 1 is 0.962 bits per heavy atom. The predicted molar refractivity (Wildman–Crippen MR) is 112 cm³/mol. The summed E-state index contributed by atoms with van der Waals surface area (Å²) in [5.74, 6) is 0. The Balaban J connectivity index is 2.08. The van der Waals surface area contributed by atoms with Crippen LogP contribution in [0.1, 0.15) is 70.1 Å². The molecular weight excluding hydrogens is 318 g/mol. The summed E-state index contributed by atoms with van der Waals surface area (Å²) in [7, 11) is 0. The van der Waals surface area contributed by atoms with Crippen LogP contribution in [0, 0.1) is 0 Å². The van der Waals surface area contributed by atoms with Crippen molar-refractivity contribution in [2.45, 2.75) is 64.5 Å². The zero-order chi connectivity index (χ0) is 18.7. The standard InChI is InChI=1S/C24H33NO/c1-4-6-19-24(3,20-18-21-14-9-7-10-15-21)25-26-23(13-5-2)22-16-11-8-12-17-22/h7-12,14-18,20,23,25H,4-6,13,19H2,1-3H3/b20-18+/t23-,24+/m1/s1. The number of rotatable bonds is 11. The highest BCUT2D eigenvalue weighted by Gasteiger charge is 2.23. The minimum atomic E-state index is -0.188.